The third-order valence-corrected chi connectivity index (χ3v) is 3.75. The van der Waals surface area contributed by atoms with Gasteiger partial charge in [-0.15, -0.1) is 0 Å². The first-order valence-electron chi connectivity index (χ1n) is 7.93. The highest BCUT2D eigenvalue weighted by atomic mass is 16.5. The SMILES string of the molecule is C[C@H](O)CNc1nc2ccccc2n1Cc1noc(-c2ccoc2)n1. The summed E-state index contributed by atoms with van der Waals surface area (Å²) in [6.45, 7) is 2.51. The van der Waals surface area contributed by atoms with E-state index in [4.69, 9.17) is 8.94 Å². The van der Waals surface area contributed by atoms with E-state index in [1.807, 2.05) is 28.8 Å². The Morgan fingerprint density at radius 3 is 2.92 bits per heavy atom. The molecule has 8 heteroatoms. The molecular formula is C17H17N5O3. The van der Waals surface area contributed by atoms with Crippen LogP contribution in [0.1, 0.15) is 12.7 Å². The number of furan rings is 1. The fourth-order valence-corrected chi connectivity index (χ4v) is 2.57. The van der Waals surface area contributed by atoms with Crippen molar-refractivity contribution in [3.63, 3.8) is 0 Å². The number of fused-ring (bicyclic) bond motifs is 1. The number of nitrogens with one attached hydrogen (secondary N) is 1. The Kier molecular flexibility index (Phi) is 3.95. The van der Waals surface area contributed by atoms with Gasteiger partial charge in [-0.25, -0.2) is 4.98 Å². The molecule has 25 heavy (non-hydrogen) atoms. The molecule has 0 aliphatic rings. The second-order valence-electron chi connectivity index (χ2n) is 5.77. The molecule has 4 aromatic rings. The number of aromatic nitrogens is 4. The zero-order chi connectivity index (χ0) is 17.2. The van der Waals surface area contributed by atoms with Gasteiger partial charge in [0.2, 0.25) is 5.95 Å². The Bertz CT molecular complexity index is 971. The molecule has 128 valence electrons. The predicted molar refractivity (Wildman–Crippen MR) is 91.0 cm³/mol. The van der Waals surface area contributed by atoms with E-state index in [-0.39, 0.29) is 0 Å². The van der Waals surface area contributed by atoms with Gasteiger partial charge >= 0.3 is 0 Å². The van der Waals surface area contributed by atoms with Gasteiger partial charge in [-0.05, 0) is 25.1 Å². The Hall–Kier alpha value is -3.13. The monoisotopic (exact) mass is 339 g/mol. The van der Waals surface area contributed by atoms with Gasteiger partial charge in [0, 0.05) is 6.54 Å². The van der Waals surface area contributed by atoms with Crippen molar-refractivity contribution >= 4 is 17.0 Å². The third-order valence-electron chi connectivity index (χ3n) is 3.75. The highest BCUT2D eigenvalue weighted by Crippen LogP contribution is 2.22. The van der Waals surface area contributed by atoms with E-state index in [2.05, 4.69) is 20.4 Å². The van der Waals surface area contributed by atoms with Crippen molar-refractivity contribution in [3.05, 3.63) is 48.7 Å². The van der Waals surface area contributed by atoms with Crippen LogP contribution in [0.5, 0.6) is 0 Å². The lowest BCUT2D eigenvalue weighted by atomic mass is 10.3. The van der Waals surface area contributed by atoms with E-state index in [0.717, 1.165) is 16.6 Å². The van der Waals surface area contributed by atoms with E-state index in [9.17, 15) is 5.11 Å². The van der Waals surface area contributed by atoms with Crippen LogP contribution in [0, 0.1) is 0 Å². The summed E-state index contributed by atoms with van der Waals surface area (Å²) < 4.78 is 12.3. The van der Waals surface area contributed by atoms with E-state index in [1.54, 1.807) is 25.5 Å². The molecule has 0 unspecified atom stereocenters. The molecule has 0 aliphatic carbocycles. The third kappa shape index (κ3) is 3.11. The van der Waals surface area contributed by atoms with Gasteiger partial charge < -0.3 is 23.9 Å². The molecule has 0 bridgehead atoms. The van der Waals surface area contributed by atoms with Crippen LogP contribution in [0.25, 0.3) is 22.5 Å². The zero-order valence-electron chi connectivity index (χ0n) is 13.6. The van der Waals surface area contributed by atoms with Crippen LogP contribution < -0.4 is 5.32 Å². The largest absolute Gasteiger partial charge is 0.472 e. The summed E-state index contributed by atoms with van der Waals surface area (Å²) in [4.78, 5) is 8.98. The van der Waals surface area contributed by atoms with Gasteiger partial charge in [0.25, 0.3) is 5.89 Å². The van der Waals surface area contributed by atoms with Crippen LogP contribution in [0.3, 0.4) is 0 Å². The standard InChI is InChI=1S/C17H17N5O3/c1-11(23)8-18-17-19-13-4-2-3-5-14(13)22(17)9-15-20-16(25-21-15)12-6-7-24-10-12/h2-7,10-11,23H,8-9H2,1H3,(H,18,19)/t11-/m0/s1. The van der Waals surface area contributed by atoms with Crippen molar-refractivity contribution in [1.82, 2.24) is 19.7 Å². The molecule has 1 aromatic carbocycles. The van der Waals surface area contributed by atoms with E-state index < -0.39 is 6.10 Å². The number of aliphatic hydroxyl groups is 1. The summed E-state index contributed by atoms with van der Waals surface area (Å²) in [6.07, 6.45) is 2.63. The maximum atomic E-state index is 9.53. The van der Waals surface area contributed by atoms with Crippen LogP contribution >= 0.6 is 0 Å². The Morgan fingerprint density at radius 1 is 1.24 bits per heavy atom. The van der Waals surface area contributed by atoms with Gasteiger partial charge in [-0.1, -0.05) is 17.3 Å². The molecule has 0 fully saturated rings. The number of aliphatic hydroxyl groups excluding tert-OH is 1. The number of imidazole rings is 1. The number of hydrogen-bond acceptors (Lipinski definition) is 7. The molecule has 1 atom stereocenters. The van der Waals surface area contributed by atoms with E-state index >= 15 is 0 Å². The van der Waals surface area contributed by atoms with Crippen molar-refractivity contribution < 1.29 is 14.0 Å². The fraction of sp³-hybridized carbons (Fsp3) is 0.235. The minimum absolute atomic E-state index is 0.393. The average molecular weight is 339 g/mol. The predicted octanol–water partition coefficient (Wildman–Crippen LogP) is 2.52. The van der Waals surface area contributed by atoms with Crippen molar-refractivity contribution in [2.45, 2.75) is 19.6 Å². The van der Waals surface area contributed by atoms with Gasteiger partial charge in [0.05, 0.1) is 35.5 Å². The number of anilines is 1. The van der Waals surface area contributed by atoms with Crippen molar-refractivity contribution in [2.24, 2.45) is 0 Å². The Balaban J connectivity index is 1.67. The first-order chi connectivity index (χ1) is 12.2. The second-order valence-corrected chi connectivity index (χ2v) is 5.77. The summed E-state index contributed by atoms with van der Waals surface area (Å²) in [5.74, 6) is 1.59. The average Bonchev–Trinajstić information content (AvgIpc) is 3.33. The highest BCUT2D eigenvalue weighted by molar-refractivity contribution is 5.78. The maximum Gasteiger partial charge on any atom is 0.261 e. The molecule has 0 saturated carbocycles. The molecule has 0 radical (unpaired) electrons. The lowest BCUT2D eigenvalue weighted by Crippen LogP contribution is -2.18. The summed E-state index contributed by atoms with van der Waals surface area (Å²) in [6, 6.07) is 9.56. The van der Waals surface area contributed by atoms with Crippen LogP contribution in [0.15, 0.2) is 51.8 Å². The number of benzene rings is 1. The molecule has 4 rings (SSSR count). The minimum atomic E-state index is -0.480. The van der Waals surface area contributed by atoms with E-state index in [1.165, 1.54) is 0 Å². The molecule has 8 nitrogen and oxygen atoms in total. The molecule has 2 N–H and O–H groups in total. The highest BCUT2D eigenvalue weighted by Gasteiger charge is 2.15. The van der Waals surface area contributed by atoms with Crippen molar-refractivity contribution in [2.75, 3.05) is 11.9 Å². The summed E-state index contributed by atoms with van der Waals surface area (Å²) >= 11 is 0. The fourth-order valence-electron chi connectivity index (χ4n) is 2.57. The maximum absolute atomic E-state index is 9.53. The van der Waals surface area contributed by atoms with Crippen LogP contribution in [0.4, 0.5) is 5.95 Å². The van der Waals surface area contributed by atoms with Crippen LogP contribution in [-0.2, 0) is 6.54 Å². The van der Waals surface area contributed by atoms with Gasteiger partial charge in [-0.3, -0.25) is 0 Å². The molecule has 3 aromatic heterocycles. The number of hydrogen-bond donors (Lipinski definition) is 2. The normalized spacial score (nSPS) is 12.6. The van der Waals surface area contributed by atoms with E-state index in [0.29, 0.717) is 30.8 Å². The van der Waals surface area contributed by atoms with Gasteiger partial charge in [0.15, 0.2) is 5.82 Å². The summed E-state index contributed by atoms with van der Waals surface area (Å²) in [5.41, 5.74) is 2.54. The smallest absolute Gasteiger partial charge is 0.261 e. The van der Waals surface area contributed by atoms with Crippen LogP contribution in [0.2, 0.25) is 0 Å². The molecule has 3 heterocycles. The summed E-state index contributed by atoms with van der Waals surface area (Å²) in [7, 11) is 0. The molecule has 0 amide bonds. The quantitative estimate of drug-likeness (QED) is 0.556. The Labute approximate surface area is 143 Å². The second kappa shape index (κ2) is 6.40. The molecular weight excluding hydrogens is 322 g/mol. The Morgan fingerprint density at radius 2 is 2.12 bits per heavy atom. The first kappa shape index (κ1) is 15.4. The van der Waals surface area contributed by atoms with Crippen molar-refractivity contribution in [1.29, 1.82) is 0 Å². The van der Waals surface area contributed by atoms with Gasteiger partial charge in [0.1, 0.15) is 6.26 Å². The molecule has 0 saturated heterocycles. The van der Waals surface area contributed by atoms with Gasteiger partial charge in [-0.2, -0.15) is 4.98 Å². The van der Waals surface area contributed by atoms with Crippen molar-refractivity contribution in [3.8, 4) is 11.5 Å². The number of nitrogens with zero attached hydrogens (tertiary/aromatic N) is 4. The number of para-hydroxylation sites is 2. The lowest BCUT2D eigenvalue weighted by molar-refractivity contribution is 0.208. The zero-order valence-corrected chi connectivity index (χ0v) is 13.6. The summed E-state index contributed by atoms with van der Waals surface area (Å²) in [5, 5.41) is 16.7. The van der Waals surface area contributed by atoms with Crippen LogP contribution in [-0.4, -0.2) is 37.4 Å². The molecule has 0 spiro atoms. The first-order valence-corrected chi connectivity index (χ1v) is 7.93. The number of rotatable bonds is 6. The minimum Gasteiger partial charge on any atom is -0.472 e. The molecule has 0 aliphatic heterocycles. The topological polar surface area (TPSA) is 102 Å². The lowest BCUT2D eigenvalue weighted by Gasteiger charge is -2.10.